The maximum absolute atomic E-state index is 11.4. The number of ether oxygens (including phenoxy) is 1. The fraction of sp³-hybridized carbons (Fsp3) is 0.462. The number of likely N-dealkylation sites (N-methyl/N-ethyl adjacent to an activating group) is 1. The number of nitrogens with zero attached hydrogens (tertiary/aromatic N) is 1. The van der Waals surface area contributed by atoms with Crippen LogP contribution in [0.15, 0.2) is 30.3 Å². The van der Waals surface area contributed by atoms with Crippen molar-refractivity contribution in [2.45, 2.75) is 20.0 Å². The summed E-state index contributed by atoms with van der Waals surface area (Å²) in [4.78, 5) is 13.4. The Balaban J connectivity index is 2.25. The van der Waals surface area contributed by atoms with Crippen LogP contribution in [0, 0.1) is 0 Å². The molecule has 0 N–H and O–H groups in total. The third-order valence-corrected chi connectivity index (χ3v) is 2.25. The van der Waals surface area contributed by atoms with Gasteiger partial charge in [-0.3, -0.25) is 9.69 Å². The van der Waals surface area contributed by atoms with Crippen LogP contribution >= 0.6 is 0 Å². The first-order chi connectivity index (χ1) is 7.72. The Morgan fingerprint density at radius 2 is 2.00 bits per heavy atom. The standard InChI is InChI=1S/C13H19NO2/c1-3-9-14(2)10-13(15)16-11-12-7-5-4-6-8-12/h4-8H,3,9-11H2,1-2H3. The van der Waals surface area contributed by atoms with Gasteiger partial charge in [0.05, 0.1) is 6.54 Å². The summed E-state index contributed by atoms with van der Waals surface area (Å²) in [5, 5.41) is 0. The van der Waals surface area contributed by atoms with Gasteiger partial charge in [0.15, 0.2) is 0 Å². The molecule has 0 amide bonds. The van der Waals surface area contributed by atoms with Crippen LogP contribution in [0.3, 0.4) is 0 Å². The maximum Gasteiger partial charge on any atom is 0.320 e. The average molecular weight is 221 g/mol. The van der Waals surface area contributed by atoms with E-state index in [2.05, 4.69) is 6.92 Å². The van der Waals surface area contributed by atoms with Gasteiger partial charge in [-0.15, -0.1) is 0 Å². The number of hydrogen-bond acceptors (Lipinski definition) is 3. The summed E-state index contributed by atoms with van der Waals surface area (Å²) in [6, 6.07) is 9.71. The molecule has 88 valence electrons. The van der Waals surface area contributed by atoms with Crippen LogP contribution in [0.1, 0.15) is 18.9 Å². The molecule has 0 radical (unpaired) electrons. The first-order valence-electron chi connectivity index (χ1n) is 5.60. The molecule has 0 bridgehead atoms. The van der Waals surface area contributed by atoms with E-state index in [1.54, 1.807) is 0 Å². The van der Waals surface area contributed by atoms with E-state index < -0.39 is 0 Å². The number of benzene rings is 1. The lowest BCUT2D eigenvalue weighted by Gasteiger charge is -2.14. The highest BCUT2D eigenvalue weighted by Gasteiger charge is 2.06. The second-order valence-electron chi connectivity index (χ2n) is 3.88. The zero-order valence-corrected chi connectivity index (χ0v) is 9.98. The highest BCUT2D eigenvalue weighted by Crippen LogP contribution is 2.01. The Morgan fingerprint density at radius 1 is 1.31 bits per heavy atom. The van der Waals surface area contributed by atoms with Crippen molar-refractivity contribution in [1.82, 2.24) is 4.90 Å². The molecule has 0 atom stereocenters. The largest absolute Gasteiger partial charge is 0.460 e. The summed E-state index contributed by atoms with van der Waals surface area (Å²) in [5.74, 6) is -0.167. The summed E-state index contributed by atoms with van der Waals surface area (Å²) in [6.07, 6.45) is 1.04. The molecular weight excluding hydrogens is 202 g/mol. The Bertz CT molecular complexity index is 311. The van der Waals surface area contributed by atoms with E-state index in [0.717, 1.165) is 18.5 Å². The molecule has 0 saturated carbocycles. The van der Waals surface area contributed by atoms with Gasteiger partial charge in [0.1, 0.15) is 6.61 Å². The van der Waals surface area contributed by atoms with Crippen LogP contribution in [0.4, 0.5) is 0 Å². The highest BCUT2D eigenvalue weighted by atomic mass is 16.5. The third-order valence-electron chi connectivity index (χ3n) is 2.25. The van der Waals surface area contributed by atoms with E-state index >= 15 is 0 Å². The Kier molecular flexibility index (Phi) is 5.57. The fourth-order valence-corrected chi connectivity index (χ4v) is 1.46. The zero-order chi connectivity index (χ0) is 11.8. The molecule has 0 saturated heterocycles. The quantitative estimate of drug-likeness (QED) is 0.689. The van der Waals surface area contributed by atoms with E-state index in [9.17, 15) is 4.79 Å². The molecule has 0 aliphatic rings. The number of carbonyl (C=O) groups is 1. The van der Waals surface area contributed by atoms with E-state index in [1.165, 1.54) is 0 Å². The topological polar surface area (TPSA) is 29.5 Å². The first-order valence-corrected chi connectivity index (χ1v) is 5.60. The van der Waals surface area contributed by atoms with E-state index in [-0.39, 0.29) is 5.97 Å². The molecule has 1 aromatic rings. The number of carbonyl (C=O) groups excluding carboxylic acids is 1. The molecule has 0 unspecified atom stereocenters. The first kappa shape index (κ1) is 12.7. The van der Waals surface area contributed by atoms with Gasteiger partial charge < -0.3 is 4.74 Å². The van der Waals surface area contributed by atoms with Gasteiger partial charge in [-0.2, -0.15) is 0 Å². The van der Waals surface area contributed by atoms with Crippen LogP contribution in [0.5, 0.6) is 0 Å². The van der Waals surface area contributed by atoms with Crippen molar-refractivity contribution in [3.8, 4) is 0 Å². The molecule has 0 spiro atoms. The Morgan fingerprint density at radius 3 is 2.62 bits per heavy atom. The highest BCUT2D eigenvalue weighted by molar-refractivity contribution is 5.71. The molecule has 3 heteroatoms. The lowest BCUT2D eigenvalue weighted by atomic mass is 10.2. The molecular formula is C13H19NO2. The van der Waals surface area contributed by atoms with E-state index in [4.69, 9.17) is 4.74 Å². The van der Waals surface area contributed by atoms with Crippen LogP contribution in [-0.2, 0) is 16.1 Å². The summed E-state index contributed by atoms with van der Waals surface area (Å²) in [5.41, 5.74) is 1.02. The van der Waals surface area contributed by atoms with Crippen LogP contribution in [0.2, 0.25) is 0 Å². The van der Waals surface area contributed by atoms with Gasteiger partial charge >= 0.3 is 5.97 Å². The zero-order valence-electron chi connectivity index (χ0n) is 9.98. The molecule has 0 fully saturated rings. The third kappa shape index (κ3) is 4.94. The predicted octanol–water partition coefficient (Wildman–Crippen LogP) is 2.07. The minimum Gasteiger partial charge on any atom is -0.460 e. The molecule has 3 nitrogen and oxygen atoms in total. The van der Waals surface area contributed by atoms with Crippen molar-refractivity contribution in [1.29, 1.82) is 0 Å². The molecule has 1 rings (SSSR count). The van der Waals surface area contributed by atoms with Crippen LogP contribution in [0.25, 0.3) is 0 Å². The second-order valence-corrected chi connectivity index (χ2v) is 3.88. The van der Waals surface area contributed by atoms with Crippen LogP contribution < -0.4 is 0 Å². The van der Waals surface area contributed by atoms with Gasteiger partial charge in [-0.25, -0.2) is 0 Å². The SMILES string of the molecule is CCCN(C)CC(=O)OCc1ccccc1. The lowest BCUT2D eigenvalue weighted by Crippen LogP contribution is -2.27. The van der Waals surface area contributed by atoms with Gasteiger partial charge in [0.2, 0.25) is 0 Å². The van der Waals surface area contributed by atoms with E-state index in [0.29, 0.717) is 13.2 Å². The summed E-state index contributed by atoms with van der Waals surface area (Å²) >= 11 is 0. The van der Waals surface area contributed by atoms with Crippen molar-refractivity contribution in [3.05, 3.63) is 35.9 Å². The smallest absolute Gasteiger partial charge is 0.320 e. The van der Waals surface area contributed by atoms with Crippen LogP contribution in [-0.4, -0.2) is 31.0 Å². The van der Waals surface area contributed by atoms with Gasteiger partial charge in [0, 0.05) is 0 Å². The molecule has 0 aliphatic carbocycles. The van der Waals surface area contributed by atoms with Gasteiger partial charge in [-0.05, 0) is 25.6 Å². The molecule has 0 aliphatic heterocycles. The second kappa shape index (κ2) is 7.01. The monoisotopic (exact) mass is 221 g/mol. The fourth-order valence-electron chi connectivity index (χ4n) is 1.46. The number of hydrogen-bond donors (Lipinski definition) is 0. The molecule has 0 aromatic heterocycles. The van der Waals surface area contributed by atoms with E-state index in [1.807, 2.05) is 42.3 Å². The Labute approximate surface area is 97.0 Å². The van der Waals surface area contributed by atoms with Crippen molar-refractivity contribution < 1.29 is 9.53 Å². The van der Waals surface area contributed by atoms with Gasteiger partial charge in [-0.1, -0.05) is 37.3 Å². The lowest BCUT2D eigenvalue weighted by molar-refractivity contribution is -0.145. The Hall–Kier alpha value is -1.35. The molecule has 0 heterocycles. The minimum atomic E-state index is -0.167. The summed E-state index contributed by atoms with van der Waals surface area (Å²) < 4.78 is 5.16. The average Bonchev–Trinajstić information content (AvgIpc) is 2.28. The van der Waals surface area contributed by atoms with Crippen molar-refractivity contribution >= 4 is 5.97 Å². The van der Waals surface area contributed by atoms with Crippen molar-refractivity contribution in [2.75, 3.05) is 20.1 Å². The molecule has 1 aromatic carbocycles. The number of rotatable bonds is 6. The van der Waals surface area contributed by atoms with Crippen molar-refractivity contribution in [3.63, 3.8) is 0 Å². The summed E-state index contributed by atoms with van der Waals surface area (Å²) in [6.45, 7) is 3.73. The predicted molar refractivity (Wildman–Crippen MR) is 64.0 cm³/mol. The summed E-state index contributed by atoms with van der Waals surface area (Å²) in [7, 11) is 1.92. The molecule has 16 heavy (non-hydrogen) atoms. The normalized spacial score (nSPS) is 10.4. The van der Waals surface area contributed by atoms with Crippen molar-refractivity contribution in [2.24, 2.45) is 0 Å². The van der Waals surface area contributed by atoms with Gasteiger partial charge in [0.25, 0.3) is 0 Å². The maximum atomic E-state index is 11.4. The minimum absolute atomic E-state index is 0.167. The number of esters is 1.